The van der Waals surface area contributed by atoms with E-state index in [1.807, 2.05) is 6.07 Å². The van der Waals surface area contributed by atoms with Gasteiger partial charge in [0, 0.05) is 41.4 Å². The fourth-order valence-electron chi connectivity index (χ4n) is 5.92. The van der Waals surface area contributed by atoms with Crippen LogP contribution in [0.4, 0.5) is 5.82 Å². The van der Waals surface area contributed by atoms with E-state index in [-0.39, 0.29) is 5.97 Å². The second-order valence-electron chi connectivity index (χ2n) is 10.4. The minimum Gasteiger partial charge on any atom is -0.465 e. The molecule has 4 heterocycles. The zero-order valence-corrected chi connectivity index (χ0v) is 22.8. The van der Waals surface area contributed by atoms with Crippen molar-refractivity contribution in [3.8, 4) is 21.7 Å². The molecular weight excluding hydrogens is 494 g/mol. The molecule has 0 amide bonds. The number of nitrogens with zero attached hydrogens (tertiary/aromatic N) is 4. The Bertz CT molecular complexity index is 1510. The molecule has 8 heteroatoms. The number of carbonyl (C=O) groups is 1. The van der Waals surface area contributed by atoms with E-state index in [4.69, 9.17) is 10.5 Å². The zero-order valence-electron chi connectivity index (χ0n) is 21.9. The van der Waals surface area contributed by atoms with Crippen LogP contribution in [0.2, 0.25) is 0 Å². The van der Waals surface area contributed by atoms with Gasteiger partial charge in [0.25, 0.3) is 0 Å². The van der Waals surface area contributed by atoms with Crippen molar-refractivity contribution in [3.63, 3.8) is 0 Å². The normalized spacial score (nSPS) is 17.3. The molecular formula is C30H33N5O2S. The van der Waals surface area contributed by atoms with Gasteiger partial charge >= 0.3 is 5.97 Å². The van der Waals surface area contributed by atoms with Crippen LogP contribution in [0.1, 0.15) is 53.8 Å². The largest absolute Gasteiger partial charge is 0.465 e. The van der Waals surface area contributed by atoms with Gasteiger partial charge in [-0.15, -0.1) is 11.3 Å². The van der Waals surface area contributed by atoms with Crippen LogP contribution in [0.3, 0.4) is 0 Å². The lowest BCUT2D eigenvalue weighted by Crippen LogP contribution is -2.31. The first-order chi connectivity index (χ1) is 18.5. The lowest BCUT2D eigenvalue weighted by molar-refractivity contribution is 0.0606. The number of anilines is 1. The summed E-state index contributed by atoms with van der Waals surface area (Å²) < 4.78 is 6.90. The lowest BCUT2D eigenvalue weighted by Gasteiger charge is -2.34. The number of esters is 1. The molecule has 0 atom stereocenters. The van der Waals surface area contributed by atoms with Crippen molar-refractivity contribution in [1.82, 2.24) is 19.5 Å². The number of carbonyl (C=O) groups excluding carboxylic acids is 1. The van der Waals surface area contributed by atoms with E-state index in [1.165, 1.54) is 61.7 Å². The zero-order chi connectivity index (χ0) is 26.2. The third kappa shape index (κ3) is 4.63. The number of nitrogens with two attached hydrogens (primary N) is 1. The predicted octanol–water partition coefficient (Wildman–Crippen LogP) is 6.16. The van der Waals surface area contributed by atoms with Gasteiger partial charge in [-0.25, -0.2) is 9.78 Å². The quantitative estimate of drug-likeness (QED) is 0.313. The fraction of sp³-hybridized carbons (Fsp3) is 0.367. The first-order valence-corrected chi connectivity index (χ1v) is 14.2. The molecule has 0 saturated heterocycles. The standard InChI is InChI=1S/C30H33N5O2S/c1-34-15-13-22(24(18-34)19-6-4-3-5-7-19)23-16-26(38-29(23)30(36)37-2)21-10-8-20(9-11-21)25-17-28-32-14-12-27(31)35(28)33-25/h8-12,14,16-17,19H,3-7,13,15,18,31H2,1-2H3. The number of benzene rings is 1. The first kappa shape index (κ1) is 24.8. The number of ether oxygens (including phenoxy) is 1. The Labute approximate surface area is 226 Å². The predicted molar refractivity (Wildman–Crippen MR) is 153 cm³/mol. The molecule has 2 N–H and O–H groups in total. The Morgan fingerprint density at radius 2 is 1.84 bits per heavy atom. The van der Waals surface area contributed by atoms with Gasteiger partial charge in [-0.05, 0) is 61.1 Å². The van der Waals surface area contributed by atoms with Crippen molar-refractivity contribution in [2.45, 2.75) is 38.5 Å². The molecule has 0 spiro atoms. The van der Waals surface area contributed by atoms with E-state index in [1.54, 1.807) is 16.8 Å². The molecule has 6 rings (SSSR count). The third-order valence-electron chi connectivity index (χ3n) is 7.95. The van der Waals surface area contributed by atoms with Crippen LogP contribution >= 0.6 is 11.3 Å². The first-order valence-electron chi connectivity index (χ1n) is 13.4. The summed E-state index contributed by atoms with van der Waals surface area (Å²) in [4.78, 5) is 21.5. The van der Waals surface area contributed by atoms with E-state index in [0.29, 0.717) is 16.6 Å². The highest BCUT2D eigenvalue weighted by Gasteiger charge is 2.29. The highest BCUT2D eigenvalue weighted by Crippen LogP contribution is 2.43. The van der Waals surface area contributed by atoms with E-state index in [0.717, 1.165) is 52.4 Å². The number of aromatic nitrogens is 3. The van der Waals surface area contributed by atoms with Gasteiger partial charge < -0.3 is 15.4 Å². The van der Waals surface area contributed by atoms with E-state index in [9.17, 15) is 4.79 Å². The molecule has 196 valence electrons. The highest BCUT2D eigenvalue weighted by atomic mass is 32.1. The van der Waals surface area contributed by atoms with Gasteiger partial charge in [0.15, 0.2) is 5.65 Å². The minimum absolute atomic E-state index is 0.253. The molecule has 1 fully saturated rings. The van der Waals surface area contributed by atoms with Crippen molar-refractivity contribution in [2.75, 3.05) is 33.0 Å². The van der Waals surface area contributed by atoms with Crippen molar-refractivity contribution < 1.29 is 9.53 Å². The molecule has 0 unspecified atom stereocenters. The molecule has 7 nitrogen and oxygen atoms in total. The molecule has 1 saturated carbocycles. The molecule has 1 aliphatic heterocycles. The smallest absolute Gasteiger partial charge is 0.348 e. The summed E-state index contributed by atoms with van der Waals surface area (Å²) in [7, 11) is 3.68. The average Bonchev–Trinajstić information content (AvgIpc) is 3.59. The van der Waals surface area contributed by atoms with Crippen molar-refractivity contribution >= 4 is 34.3 Å². The van der Waals surface area contributed by atoms with Gasteiger partial charge in [0.1, 0.15) is 10.7 Å². The molecule has 0 bridgehead atoms. The Morgan fingerprint density at radius 3 is 2.58 bits per heavy atom. The topological polar surface area (TPSA) is 85.7 Å². The molecule has 2 aliphatic rings. The summed E-state index contributed by atoms with van der Waals surface area (Å²) in [5.41, 5.74) is 13.6. The van der Waals surface area contributed by atoms with Gasteiger partial charge in [0.05, 0.1) is 12.8 Å². The number of fused-ring (bicyclic) bond motifs is 1. The summed E-state index contributed by atoms with van der Waals surface area (Å²) in [6.45, 7) is 1.99. The number of hydrogen-bond acceptors (Lipinski definition) is 7. The van der Waals surface area contributed by atoms with Gasteiger partial charge in [-0.1, -0.05) is 43.5 Å². The summed E-state index contributed by atoms with van der Waals surface area (Å²) in [5.74, 6) is 0.913. The number of likely N-dealkylation sites (N-methyl/N-ethyl adjacent to an activating group) is 1. The molecule has 3 aromatic heterocycles. The SMILES string of the molecule is COC(=O)c1sc(-c2ccc(-c3cc4nccc(N)n4n3)cc2)cc1C1=C(C2CCCCC2)CN(C)CC1. The van der Waals surface area contributed by atoms with Crippen LogP contribution in [0.5, 0.6) is 0 Å². The van der Waals surface area contributed by atoms with Crippen LogP contribution in [-0.4, -0.2) is 52.7 Å². The van der Waals surface area contributed by atoms with Crippen LogP contribution in [0.15, 0.2) is 54.2 Å². The van der Waals surface area contributed by atoms with Crippen molar-refractivity contribution in [1.29, 1.82) is 0 Å². The number of thiophene rings is 1. The van der Waals surface area contributed by atoms with Crippen molar-refractivity contribution in [3.05, 3.63) is 64.7 Å². The maximum absolute atomic E-state index is 12.9. The molecule has 1 aliphatic carbocycles. The van der Waals surface area contributed by atoms with E-state index < -0.39 is 0 Å². The van der Waals surface area contributed by atoms with E-state index in [2.05, 4.69) is 52.4 Å². The van der Waals surface area contributed by atoms with E-state index >= 15 is 0 Å². The Hall–Kier alpha value is -3.49. The third-order valence-corrected chi connectivity index (χ3v) is 9.11. The van der Waals surface area contributed by atoms with Gasteiger partial charge in [0.2, 0.25) is 0 Å². The monoisotopic (exact) mass is 527 g/mol. The number of methoxy groups -OCH3 is 1. The summed E-state index contributed by atoms with van der Waals surface area (Å²) in [5, 5.41) is 4.62. The van der Waals surface area contributed by atoms with Gasteiger partial charge in [-0.2, -0.15) is 9.61 Å². The maximum atomic E-state index is 12.9. The number of nitrogen functional groups attached to an aromatic ring is 1. The Balaban J connectivity index is 1.38. The number of hydrogen-bond donors (Lipinski definition) is 1. The Morgan fingerprint density at radius 1 is 1.08 bits per heavy atom. The Kier molecular flexibility index (Phi) is 6.76. The summed E-state index contributed by atoms with van der Waals surface area (Å²) in [6, 6.07) is 14.2. The summed E-state index contributed by atoms with van der Waals surface area (Å²) in [6.07, 6.45) is 9.08. The minimum atomic E-state index is -0.253. The maximum Gasteiger partial charge on any atom is 0.348 e. The molecule has 0 radical (unpaired) electrons. The lowest BCUT2D eigenvalue weighted by atomic mass is 9.78. The van der Waals surface area contributed by atoms with Crippen LogP contribution < -0.4 is 5.73 Å². The fourth-order valence-corrected chi connectivity index (χ4v) is 7.03. The van der Waals surface area contributed by atoms with Crippen LogP contribution in [-0.2, 0) is 4.74 Å². The van der Waals surface area contributed by atoms with Crippen LogP contribution in [0, 0.1) is 5.92 Å². The summed E-state index contributed by atoms with van der Waals surface area (Å²) >= 11 is 1.53. The average molecular weight is 528 g/mol. The van der Waals surface area contributed by atoms with Crippen molar-refractivity contribution in [2.24, 2.45) is 5.92 Å². The highest BCUT2D eigenvalue weighted by molar-refractivity contribution is 7.17. The van der Waals surface area contributed by atoms with Gasteiger partial charge in [-0.3, -0.25) is 0 Å². The molecule has 4 aromatic rings. The molecule has 38 heavy (non-hydrogen) atoms. The second kappa shape index (κ2) is 10.3. The molecule has 1 aromatic carbocycles. The van der Waals surface area contributed by atoms with Crippen LogP contribution in [0.25, 0.3) is 32.9 Å². The second-order valence-corrected chi connectivity index (χ2v) is 11.5. The number of rotatable bonds is 5.